The predicted octanol–water partition coefficient (Wildman–Crippen LogP) is 4.68. The zero-order valence-corrected chi connectivity index (χ0v) is 17.1. The van der Waals surface area contributed by atoms with Gasteiger partial charge in [0, 0.05) is 11.2 Å². The van der Waals surface area contributed by atoms with Crippen LogP contribution in [-0.4, -0.2) is 18.2 Å². The average molecular weight is 404 g/mol. The van der Waals surface area contributed by atoms with E-state index in [1.807, 2.05) is 36.4 Å². The van der Waals surface area contributed by atoms with Crippen molar-refractivity contribution in [2.24, 2.45) is 0 Å². The minimum Gasteiger partial charge on any atom is -0.276 e. The number of aromatic nitrogens is 2. The molecule has 3 rings (SSSR count). The molecule has 142 valence electrons. The second kappa shape index (κ2) is 7.37. The average Bonchev–Trinajstić information content (AvgIpc) is 3.02. The SMILES string of the molecule is CC(C)(C)c1ccc(S(=O)(=O)Nc2cnn(Cc3ccc(Cl)cc3)c2)cc1. The van der Waals surface area contributed by atoms with Crippen molar-refractivity contribution in [1.82, 2.24) is 9.78 Å². The van der Waals surface area contributed by atoms with Crippen LogP contribution in [-0.2, 0) is 22.0 Å². The first kappa shape index (κ1) is 19.5. The second-order valence-corrected chi connectivity index (χ2v) is 9.55. The number of anilines is 1. The molecule has 0 bridgehead atoms. The summed E-state index contributed by atoms with van der Waals surface area (Å²) in [5.74, 6) is 0. The molecule has 0 aliphatic heterocycles. The largest absolute Gasteiger partial charge is 0.276 e. The van der Waals surface area contributed by atoms with E-state index in [0.29, 0.717) is 17.3 Å². The van der Waals surface area contributed by atoms with E-state index >= 15 is 0 Å². The van der Waals surface area contributed by atoms with Gasteiger partial charge in [0.1, 0.15) is 0 Å². The van der Waals surface area contributed by atoms with Crippen molar-refractivity contribution >= 4 is 27.3 Å². The third-order valence-corrected chi connectivity index (χ3v) is 5.82. The van der Waals surface area contributed by atoms with Gasteiger partial charge < -0.3 is 0 Å². The Morgan fingerprint density at radius 3 is 2.26 bits per heavy atom. The van der Waals surface area contributed by atoms with Crippen LogP contribution in [0.25, 0.3) is 0 Å². The van der Waals surface area contributed by atoms with Crippen LogP contribution in [0.1, 0.15) is 31.9 Å². The van der Waals surface area contributed by atoms with E-state index in [1.165, 1.54) is 6.20 Å². The fraction of sp³-hybridized carbons (Fsp3) is 0.250. The fourth-order valence-electron chi connectivity index (χ4n) is 2.63. The Kier molecular flexibility index (Phi) is 5.31. The van der Waals surface area contributed by atoms with E-state index < -0.39 is 10.0 Å². The second-order valence-electron chi connectivity index (χ2n) is 7.43. The minimum atomic E-state index is -3.66. The topological polar surface area (TPSA) is 64.0 Å². The Labute approximate surface area is 165 Å². The summed E-state index contributed by atoms with van der Waals surface area (Å²) in [5.41, 5.74) is 2.49. The number of halogens is 1. The number of nitrogens with one attached hydrogen (secondary N) is 1. The summed E-state index contributed by atoms with van der Waals surface area (Å²) >= 11 is 5.89. The van der Waals surface area contributed by atoms with Gasteiger partial charge in [0.2, 0.25) is 0 Å². The molecule has 1 N–H and O–H groups in total. The first-order valence-electron chi connectivity index (χ1n) is 8.54. The molecule has 5 nitrogen and oxygen atoms in total. The minimum absolute atomic E-state index is 0.0292. The molecule has 0 radical (unpaired) electrons. The molecule has 0 atom stereocenters. The van der Waals surface area contributed by atoms with Crippen LogP contribution in [0.5, 0.6) is 0 Å². The van der Waals surface area contributed by atoms with Gasteiger partial charge in [-0.15, -0.1) is 0 Å². The summed E-state index contributed by atoms with van der Waals surface area (Å²) in [6.45, 7) is 6.79. The van der Waals surface area contributed by atoms with E-state index in [9.17, 15) is 8.42 Å². The van der Waals surface area contributed by atoms with Gasteiger partial charge in [0.25, 0.3) is 10.0 Å². The number of nitrogens with zero attached hydrogens (tertiary/aromatic N) is 2. The first-order chi connectivity index (χ1) is 12.6. The number of hydrogen-bond donors (Lipinski definition) is 1. The number of benzene rings is 2. The monoisotopic (exact) mass is 403 g/mol. The predicted molar refractivity (Wildman–Crippen MR) is 109 cm³/mol. The number of hydrogen-bond acceptors (Lipinski definition) is 3. The van der Waals surface area contributed by atoms with Crippen LogP contribution in [0.15, 0.2) is 65.8 Å². The Morgan fingerprint density at radius 1 is 1.04 bits per heavy atom. The summed E-state index contributed by atoms with van der Waals surface area (Å²) in [5, 5.41) is 4.89. The normalized spacial score (nSPS) is 12.1. The third kappa shape index (κ3) is 4.90. The van der Waals surface area contributed by atoms with Crippen molar-refractivity contribution in [3.8, 4) is 0 Å². The highest BCUT2D eigenvalue weighted by molar-refractivity contribution is 7.92. The van der Waals surface area contributed by atoms with Crippen molar-refractivity contribution in [3.05, 3.63) is 77.1 Å². The summed E-state index contributed by atoms with van der Waals surface area (Å²) in [7, 11) is -3.66. The van der Waals surface area contributed by atoms with Crippen LogP contribution >= 0.6 is 11.6 Å². The molecule has 0 fully saturated rings. The van der Waals surface area contributed by atoms with Crippen molar-refractivity contribution in [1.29, 1.82) is 0 Å². The highest BCUT2D eigenvalue weighted by atomic mass is 35.5. The summed E-state index contributed by atoms with van der Waals surface area (Å²) in [4.78, 5) is 0.223. The molecule has 7 heteroatoms. The Bertz CT molecular complexity index is 1020. The first-order valence-corrected chi connectivity index (χ1v) is 10.4. The maximum Gasteiger partial charge on any atom is 0.261 e. The molecule has 0 aliphatic carbocycles. The van der Waals surface area contributed by atoms with Gasteiger partial charge in [-0.2, -0.15) is 5.10 Å². The molecule has 1 heterocycles. The summed E-state index contributed by atoms with van der Waals surface area (Å²) < 4.78 is 29.5. The molecule has 0 spiro atoms. The Hall–Kier alpha value is -2.31. The van der Waals surface area contributed by atoms with Crippen LogP contribution in [0.2, 0.25) is 5.02 Å². The lowest BCUT2D eigenvalue weighted by atomic mass is 9.87. The molecule has 0 amide bonds. The van der Waals surface area contributed by atoms with Crippen LogP contribution in [0.3, 0.4) is 0 Å². The number of rotatable bonds is 5. The van der Waals surface area contributed by atoms with E-state index in [2.05, 4.69) is 30.6 Å². The lowest BCUT2D eigenvalue weighted by Crippen LogP contribution is -2.14. The quantitative estimate of drug-likeness (QED) is 0.672. The van der Waals surface area contributed by atoms with Gasteiger partial charge in [-0.1, -0.05) is 56.6 Å². The zero-order chi connectivity index (χ0) is 19.7. The highest BCUT2D eigenvalue weighted by Gasteiger charge is 2.18. The molecular weight excluding hydrogens is 382 g/mol. The van der Waals surface area contributed by atoms with E-state index in [1.54, 1.807) is 23.0 Å². The van der Waals surface area contributed by atoms with Gasteiger partial charge >= 0.3 is 0 Å². The van der Waals surface area contributed by atoms with Crippen LogP contribution in [0, 0.1) is 0 Å². The smallest absolute Gasteiger partial charge is 0.261 e. The lowest BCUT2D eigenvalue weighted by molar-refractivity contribution is 0.587. The summed E-state index contributed by atoms with van der Waals surface area (Å²) in [6, 6.07) is 14.4. The molecule has 27 heavy (non-hydrogen) atoms. The van der Waals surface area contributed by atoms with E-state index in [4.69, 9.17) is 11.6 Å². The van der Waals surface area contributed by atoms with Gasteiger partial charge in [0.15, 0.2) is 0 Å². The molecule has 0 unspecified atom stereocenters. The standard InChI is InChI=1S/C20H22ClN3O2S/c1-20(2,3)16-6-10-19(11-7-16)27(25,26)23-18-12-22-24(14-18)13-15-4-8-17(21)9-5-15/h4-12,14,23H,13H2,1-3H3. The molecular formula is C20H22ClN3O2S. The van der Waals surface area contributed by atoms with Gasteiger partial charge in [0.05, 0.1) is 23.3 Å². The molecule has 0 saturated carbocycles. The molecule has 1 aromatic heterocycles. The van der Waals surface area contributed by atoms with Crippen molar-refractivity contribution in [2.75, 3.05) is 4.72 Å². The van der Waals surface area contributed by atoms with Crippen molar-refractivity contribution in [2.45, 2.75) is 37.6 Å². The Balaban J connectivity index is 1.72. The van der Waals surface area contributed by atoms with E-state index in [0.717, 1.165) is 11.1 Å². The Morgan fingerprint density at radius 2 is 1.67 bits per heavy atom. The lowest BCUT2D eigenvalue weighted by Gasteiger charge is -2.19. The van der Waals surface area contributed by atoms with E-state index in [-0.39, 0.29) is 10.3 Å². The molecule has 0 saturated heterocycles. The maximum absolute atomic E-state index is 12.6. The van der Waals surface area contributed by atoms with Gasteiger partial charge in [-0.3, -0.25) is 9.40 Å². The maximum atomic E-state index is 12.6. The molecule has 2 aromatic carbocycles. The molecule has 3 aromatic rings. The fourth-order valence-corrected chi connectivity index (χ4v) is 3.78. The van der Waals surface area contributed by atoms with Crippen LogP contribution < -0.4 is 4.72 Å². The zero-order valence-electron chi connectivity index (χ0n) is 15.5. The number of sulfonamides is 1. The molecule has 0 aliphatic rings. The van der Waals surface area contributed by atoms with Crippen molar-refractivity contribution < 1.29 is 8.42 Å². The van der Waals surface area contributed by atoms with Gasteiger partial charge in [-0.25, -0.2) is 8.42 Å². The summed E-state index contributed by atoms with van der Waals surface area (Å²) in [6.07, 6.45) is 3.16. The van der Waals surface area contributed by atoms with Crippen LogP contribution in [0.4, 0.5) is 5.69 Å². The van der Waals surface area contributed by atoms with Gasteiger partial charge in [-0.05, 0) is 40.8 Å². The van der Waals surface area contributed by atoms with Crippen molar-refractivity contribution in [3.63, 3.8) is 0 Å². The highest BCUT2D eigenvalue weighted by Crippen LogP contribution is 2.24. The third-order valence-electron chi connectivity index (χ3n) is 4.17.